The van der Waals surface area contributed by atoms with Gasteiger partial charge in [-0.05, 0) is 19.4 Å². The summed E-state index contributed by atoms with van der Waals surface area (Å²) in [6.45, 7) is 5.49. The molecule has 0 unspecified atom stereocenters. The first-order valence-corrected chi connectivity index (χ1v) is 7.61. The largest absolute Gasteiger partial charge is 0.480 e. The van der Waals surface area contributed by atoms with E-state index in [0.29, 0.717) is 13.0 Å². The highest BCUT2D eigenvalue weighted by Gasteiger charge is 2.35. The third kappa shape index (κ3) is 2.76. The monoisotopic (exact) mass is 299 g/mol. The van der Waals surface area contributed by atoms with Gasteiger partial charge >= 0.3 is 5.97 Å². The van der Waals surface area contributed by atoms with Crippen LogP contribution in [0.5, 0.6) is 0 Å². The molecule has 0 saturated carbocycles. The van der Waals surface area contributed by atoms with Gasteiger partial charge in [0.15, 0.2) is 0 Å². The van der Waals surface area contributed by atoms with Crippen molar-refractivity contribution in [1.82, 2.24) is 14.5 Å². The van der Waals surface area contributed by atoms with Crippen molar-refractivity contribution in [2.75, 3.05) is 0 Å². The summed E-state index contributed by atoms with van der Waals surface area (Å²) >= 11 is 0. The molecule has 1 aliphatic heterocycles. The SMILES string of the molecule is CC(C)N1Cc2c(ncn2Cc2ccccc2)C[C@H]1C(=O)O. The number of hydrogen-bond donors (Lipinski definition) is 1. The zero-order valence-corrected chi connectivity index (χ0v) is 12.9. The van der Waals surface area contributed by atoms with Gasteiger partial charge in [0.05, 0.1) is 17.7 Å². The van der Waals surface area contributed by atoms with Crippen molar-refractivity contribution in [3.05, 3.63) is 53.6 Å². The number of imidazole rings is 1. The zero-order chi connectivity index (χ0) is 15.7. The Balaban J connectivity index is 1.89. The van der Waals surface area contributed by atoms with E-state index in [1.54, 1.807) is 0 Å². The van der Waals surface area contributed by atoms with Crippen LogP contribution in [-0.2, 0) is 24.3 Å². The third-order valence-electron chi connectivity index (χ3n) is 4.30. The van der Waals surface area contributed by atoms with Crippen LogP contribution < -0.4 is 0 Å². The lowest BCUT2D eigenvalue weighted by Crippen LogP contribution is -2.49. The molecule has 0 spiro atoms. The smallest absolute Gasteiger partial charge is 0.321 e. The second-order valence-corrected chi connectivity index (χ2v) is 6.08. The Morgan fingerprint density at radius 3 is 2.73 bits per heavy atom. The van der Waals surface area contributed by atoms with Gasteiger partial charge in [-0.25, -0.2) is 4.98 Å². The summed E-state index contributed by atoms with van der Waals surface area (Å²) in [5.74, 6) is -0.767. The molecule has 1 aromatic heterocycles. The van der Waals surface area contributed by atoms with Gasteiger partial charge in [-0.1, -0.05) is 30.3 Å². The Hall–Kier alpha value is -2.14. The van der Waals surface area contributed by atoms with Crippen LogP contribution >= 0.6 is 0 Å². The molecule has 1 aliphatic rings. The predicted octanol–water partition coefficient (Wildman–Crippen LogP) is 2.15. The van der Waals surface area contributed by atoms with E-state index in [9.17, 15) is 9.90 Å². The number of carboxylic acids is 1. The Bertz CT molecular complexity index is 664. The topological polar surface area (TPSA) is 58.4 Å². The van der Waals surface area contributed by atoms with Gasteiger partial charge in [-0.15, -0.1) is 0 Å². The standard InChI is InChI=1S/C17H21N3O2/c1-12(2)20-10-16-14(8-15(20)17(21)22)18-11-19(16)9-13-6-4-3-5-7-13/h3-7,11-12,15H,8-10H2,1-2H3,(H,21,22)/t15-/m0/s1. The summed E-state index contributed by atoms with van der Waals surface area (Å²) < 4.78 is 2.14. The van der Waals surface area contributed by atoms with Crippen LogP contribution in [0.1, 0.15) is 30.8 Å². The van der Waals surface area contributed by atoms with Crippen molar-refractivity contribution in [2.24, 2.45) is 0 Å². The molecule has 0 amide bonds. The maximum absolute atomic E-state index is 11.5. The van der Waals surface area contributed by atoms with Crippen LogP contribution in [0.15, 0.2) is 36.7 Å². The first-order chi connectivity index (χ1) is 10.6. The Morgan fingerprint density at radius 2 is 2.09 bits per heavy atom. The van der Waals surface area contributed by atoms with Crippen molar-refractivity contribution in [2.45, 2.75) is 45.4 Å². The molecule has 5 heteroatoms. The molecule has 116 valence electrons. The van der Waals surface area contributed by atoms with Crippen molar-refractivity contribution in [1.29, 1.82) is 0 Å². The molecule has 0 bridgehead atoms. The number of hydrogen-bond acceptors (Lipinski definition) is 3. The number of carbonyl (C=O) groups is 1. The molecule has 2 heterocycles. The molecular weight excluding hydrogens is 278 g/mol. The molecule has 0 saturated heterocycles. The van der Waals surface area contributed by atoms with Gasteiger partial charge in [-0.3, -0.25) is 9.69 Å². The molecule has 0 aliphatic carbocycles. The van der Waals surface area contributed by atoms with Crippen molar-refractivity contribution in [3.63, 3.8) is 0 Å². The Labute approximate surface area is 130 Å². The second-order valence-electron chi connectivity index (χ2n) is 6.08. The number of nitrogens with zero attached hydrogens (tertiary/aromatic N) is 3. The van der Waals surface area contributed by atoms with Gasteiger partial charge in [0.2, 0.25) is 0 Å². The van der Waals surface area contributed by atoms with Gasteiger partial charge in [-0.2, -0.15) is 0 Å². The number of rotatable bonds is 4. The zero-order valence-electron chi connectivity index (χ0n) is 12.9. The fraction of sp³-hybridized carbons (Fsp3) is 0.412. The summed E-state index contributed by atoms with van der Waals surface area (Å²) in [5, 5.41) is 9.45. The number of fused-ring (bicyclic) bond motifs is 1. The van der Waals surface area contributed by atoms with E-state index in [2.05, 4.69) is 21.7 Å². The minimum atomic E-state index is -0.767. The summed E-state index contributed by atoms with van der Waals surface area (Å²) in [6, 6.07) is 9.96. The molecule has 1 atom stereocenters. The van der Waals surface area contributed by atoms with Crippen LogP contribution in [0.2, 0.25) is 0 Å². The van der Waals surface area contributed by atoms with Gasteiger partial charge < -0.3 is 9.67 Å². The molecular formula is C17H21N3O2. The number of benzene rings is 1. The Kier molecular flexibility index (Phi) is 3.98. The molecule has 0 fully saturated rings. The first kappa shape index (κ1) is 14.8. The number of aromatic nitrogens is 2. The lowest BCUT2D eigenvalue weighted by molar-refractivity contribution is -0.144. The van der Waals surface area contributed by atoms with E-state index in [0.717, 1.165) is 17.9 Å². The van der Waals surface area contributed by atoms with Crippen LogP contribution in [0.3, 0.4) is 0 Å². The fourth-order valence-corrected chi connectivity index (χ4v) is 3.07. The van der Waals surface area contributed by atoms with Crippen LogP contribution in [-0.4, -0.2) is 37.6 Å². The van der Waals surface area contributed by atoms with E-state index in [-0.39, 0.29) is 6.04 Å². The lowest BCUT2D eigenvalue weighted by atomic mass is 10.0. The van der Waals surface area contributed by atoms with Crippen molar-refractivity contribution in [3.8, 4) is 0 Å². The lowest BCUT2D eigenvalue weighted by Gasteiger charge is -2.36. The predicted molar refractivity (Wildman–Crippen MR) is 83.6 cm³/mol. The van der Waals surface area contributed by atoms with Gasteiger partial charge in [0, 0.05) is 25.6 Å². The highest BCUT2D eigenvalue weighted by Crippen LogP contribution is 2.25. The van der Waals surface area contributed by atoms with Crippen molar-refractivity contribution >= 4 is 5.97 Å². The highest BCUT2D eigenvalue weighted by atomic mass is 16.4. The van der Waals surface area contributed by atoms with E-state index in [1.165, 1.54) is 5.56 Å². The minimum Gasteiger partial charge on any atom is -0.480 e. The van der Waals surface area contributed by atoms with Crippen molar-refractivity contribution < 1.29 is 9.90 Å². The molecule has 22 heavy (non-hydrogen) atoms. The maximum atomic E-state index is 11.5. The van der Waals surface area contributed by atoms with E-state index < -0.39 is 12.0 Å². The first-order valence-electron chi connectivity index (χ1n) is 7.61. The van der Waals surface area contributed by atoms with Crippen LogP contribution in [0, 0.1) is 0 Å². The van der Waals surface area contributed by atoms with E-state index in [1.807, 2.05) is 43.3 Å². The highest BCUT2D eigenvalue weighted by molar-refractivity contribution is 5.74. The summed E-state index contributed by atoms with van der Waals surface area (Å²) in [4.78, 5) is 18.0. The van der Waals surface area contributed by atoms with E-state index in [4.69, 9.17) is 0 Å². The fourth-order valence-electron chi connectivity index (χ4n) is 3.07. The Morgan fingerprint density at radius 1 is 1.36 bits per heavy atom. The van der Waals surface area contributed by atoms with E-state index >= 15 is 0 Å². The van der Waals surface area contributed by atoms with Gasteiger partial charge in [0.1, 0.15) is 6.04 Å². The molecule has 1 aromatic carbocycles. The van der Waals surface area contributed by atoms with Gasteiger partial charge in [0.25, 0.3) is 0 Å². The average molecular weight is 299 g/mol. The average Bonchev–Trinajstić information content (AvgIpc) is 2.89. The maximum Gasteiger partial charge on any atom is 0.321 e. The summed E-state index contributed by atoms with van der Waals surface area (Å²) in [5.41, 5.74) is 3.27. The minimum absolute atomic E-state index is 0.189. The molecule has 0 radical (unpaired) electrons. The van der Waals surface area contributed by atoms with Crippen LogP contribution in [0.25, 0.3) is 0 Å². The summed E-state index contributed by atoms with van der Waals surface area (Å²) in [6.07, 6.45) is 2.31. The molecule has 3 rings (SSSR count). The molecule has 2 aromatic rings. The summed E-state index contributed by atoms with van der Waals surface area (Å²) in [7, 11) is 0. The third-order valence-corrected chi connectivity index (χ3v) is 4.30. The van der Waals surface area contributed by atoms with Crippen LogP contribution in [0.4, 0.5) is 0 Å². The number of carboxylic acid groups (broad SMARTS) is 1. The second kappa shape index (κ2) is 5.93. The number of aliphatic carboxylic acids is 1. The normalized spacial score (nSPS) is 18.4. The quantitative estimate of drug-likeness (QED) is 0.940. The molecule has 1 N–H and O–H groups in total. The molecule has 5 nitrogen and oxygen atoms in total.